The SMILES string of the molecule is C=C1CC2C(CCc3ccc4c(oc5cccc(-c6cc(F)cc(F)c6)c54)c3-c3n(-c4c(C)cc(C)cc4C)c4ccccc4[n+]31)c1ccccc1-c1ccc([Si](C)(C)C)c[n+]12. The average Bonchev–Trinajstić information content (AvgIpc) is 3.78. The molecule has 9 aromatic rings. The second-order valence-corrected chi connectivity index (χ2v) is 23.8. The van der Waals surface area contributed by atoms with E-state index in [9.17, 15) is 8.78 Å². The number of aryl methyl sites for hydroxylation is 4. The second-order valence-electron chi connectivity index (χ2n) is 18.7. The number of pyridine rings is 1. The zero-order valence-electron chi connectivity index (χ0n) is 36.1. The van der Waals surface area contributed by atoms with E-state index >= 15 is 0 Å². The molecule has 306 valence electrons. The van der Waals surface area contributed by atoms with Crippen molar-refractivity contribution in [2.75, 3.05) is 0 Å². The van der Waals surface area contributed by atoms with Gasteiger partial charge in [-0.2, -0.15) is 13.7 Å². The van der Waals surface area contributed by atoms with Crippen LogP contribution in [-0.4, -0.2) is 12.6 Å². The predicted octanol–water partition coefficient (Wildman–Crippen LogP) is 13.0. The van der Waals surface area contributed by atoms with Crippen molar-refractivity contribution in [3.05, 3.63) is 174 Å². The van der Waals surface area contributed by atoms with Crippen LogP contribution in [0.25, 0.3) is 78.1 Å². The number of nitrogens with zero attached hydrogens (tertiary/aromatic N) is 3. The van der Waals surface area contributed by atoms with Crippen molar-refractivity contribution in [2.45, 2.75) is 71.6 Å². The molecule has 2 aliphatic rings. The third-order valence-electron chi connectivity index (χ3n) is 13.6. The molecule has 2 atom stereocenters. The molecule has 0 aliphatic carbocycles. The molecular formula is C55H49F2N3OSi+2. The number of halogens is 2. The third-order valence-corrected chi connectivity index (χ3v) is 15.6. The maximum atomic E-state index is 14.8. The van der Waals surface area contributed by atoms with Crippen LogP contribution in [0.3, 0.4) is 0 Å². The maximum absolute atomic E-state index is 14.8. The molecule has 62 heavy (non-hydrogen) atoms. The summed E-state index contributed by atoms with van der Waals surface area (Å²) in [4.78, 5) is 0. The van der Waals surface area contributed by atoms with Crippen LogP contribution >= 0.6 is 0 Å². The highest BCUT2D eigenvalue weighted by Crippen LogP contribution is 2.48. The Morgan fingerprint density at radius 1 is 0.774 bits per heavy atom. The van der Waals surface area contributed by atoms with Crippen molar-refractivity contribution in [2.24, 2.45) is 0 Å². The Bertz CT molecular complexity index is 3320. The number of hydrogen-bond acceptors (Lipinski definition) is 1. The standard InChI is InChI=1S/C55H49F2N3OSi/c1-32-25-33(2)53(34(3)26-32)60-48-17-11-10-16-47(48)59-35(4)27-49-44(42-13-8-9-14-43(42)46-24-21-40(31-58(46)49)62(5,6)7)22-19-36-20-23-45-52-41(37-28-38(56)30-39(57)29-37)15-12-18-50(52)61-54(45)51(36)55(59)60/h8-18,20-21,23-26,28-31,44,49H,4,19,22,27H2,1-3,5-7H3/q+2. The lowest BCUT2D eigenvalue weighted by Gasteiger charge is -2.32. The first-order valence-corrected chi connectivity index (χ1v) is 25.3. The van der Waals surface area contributed by atoms with Gasteiger partial charge < -0.3 is 4.42 Å². The molecule has 0 saturated heterocycles. The lowest BCUT2D eigenvalue weighted by Crippen LogP contribution is -2.53. The van der Waals surface area contributed by atoms with Crippen LogP contribution in [0, 0.1) is 32.4 Å². The average molecular weight is 834 g/mol. The molecule has 0 spiro atoms. The zero-order chi connectivity index (χ0) is 42.8. The number of para-hydroxylation sites is 2. The van der Waals surface area contributed by atoms with E-state index in [1.54, 1.807) is 0 Å². The molecule has 11 rings (SSSR count). The van der Waals surface area contributed by atoms with Crippen LogP contribution in [0.2, 0.25) is 19.6 Å². The topological polar surface area (TPSA) is 25.8 Å². The van der Waals surface area contributed by atoms with Crippen molar-refractivity contribution < 1.29 is 22.3 Å². The van der Waals surface area contributed by atoms with Gasteiger partial charge in [-0.1, -0.05) is 105 Å². The van der Waals surface area contributed by atoms with Crippen molar-refractivity contribution >= 4 is 51.9 Å². The number of imidazole rings is 1. The maximum Gasteiger partial charge on any atom is 0.304 e. The van der Waals surface area contributed by atoms with Crippen LogP contribution in [-0.2, 0) is 6.42 Å². The van der Waals surface area contributed by atoms with E-state index in [-0.39, 0.29) is 12.0 Å². The van der Waals surface area contributed by atoms with Gasteiger partial charge >= 0.3 is 5.82 Å². The molecule has 7 heteroatoms. The molecule has 0 radical (unpaired) electrons. The van der Waals surface area contributed by atoms with Crippen LogP contribution in [0.1, 0.15) is 52.6 Å². The van der Waals surface area contributed by atoms with Gasteiger partial charge in [0.1, 0.15) is 34.2 Å². The normalized spacial score (nSPS) is 16.2. The van der Waals surface area contributed by atoms with Crippen molar-refractivity contribution in [1.29, 1.82) is 0 Å². The van der Waals surface area contributed by atoms with Gasteiger partial charge in [0.2, 0.25) is 5.69 Å². The number of furan rings is 1. The van der Waals surface area contributed by atoms with Gasteiger partial charge in [-0.3, -0.25) is 0 Å². The molecule has 5 heterocycles. The molecule has 0 N–H and O–H groups in total. The Balaban J connectivity index is 1.25. The fourth-order valence-electron chi connectivity index (χ4n) is 11.0. The number of rotatable bonds is 3. The van der Waals surface area contributed by atoms with Gasteiger partial charge in [-0.05, 0) is 103 Å². The smallest absolute Gasteiger partial charge is 0.304 e. The molecule has 0 fully saturated rings. The fraction of sp³-hybridized carbons (Fsp3) is 0.200. The lowest BCUT2D eigenvalue weighted by molar-refractivity contribution is -0.719. The van der Waals surface area contributed by atoms with Gasteiger partial charge in [0.05, 0.1) is 14.5 Å². The van der Waals surface area contributed by atoms with E-state index in [0.29, 0.717) is 11.1 Å². The minimum Gasteiger partial charge on any atom is -0.455 e. The van der Waals surface area contributed by atoms with Crippen molar-refractivity contribution in [1.82, 2.24) is 4.57 Å². The minimum absolute atomic E-state index is 0.125. The largest absolute Gasteiger partial charge is 0.455 e. The van der Waals surface area contributed by atoms with Crippen LogP contribution in [0.5, 0.6) is 0 Å². The van der Waals surface area contributed by atoms with Crippen LogP contribution < -0.4 is 14.3 Å². The summed E-state index contributed by atoms with van der Waals surface area (Å²) in [7, 11) is -1.66. The number of hydrogen-bond donors (Lipinski definition) is 0. The Morgan fingerprint density at radius 3 is 2.27 bits per heavy atom. The van der Waals surface area contributed by atoms with Gasteiger partial charge in [-0.15, -0.1) is 0 Å². The Hall–Kier alpha value is -6.44. The molecule has 0 amide bonds. The molecule has 0 bridgehead atoms. The predicted molar refractivity (Wildman–Crippen MR) is 251 cm³/mol. The first-order chi connectivity index (χ1) is 29.9. The van der Waals surface area contributed by atoms with E-state index in [2.05, 4.69) is 145 Å². The van der Waals surface area contributed by atoms with Gasteiger partial charge in [0.15, 0.2) is 28.9 Å². The van der Waals surface area contributed by atoms with E-state index in [4.69, 9.17) is 11.0 Å². The molecule has 6 aromatic carbocycles. The van der Waals surface area contributed by atoms with Gasteiger partial charge in [0, 0.05) is 39.6 Å². The number of benzene rings is 6. The number of allylic oxidation sites excluding steroid dienone is 1. The van der Waals surface area contributed by atoms with E-state index in [1.807, 2.05) is 18.2 Å². The van der Waals surface area contributed by atoms with E-state index < -0.39 is 19.7 Å². The lowest BCUT2D eigenvalue weighted by atomic mass is 9.77. The first kappa shape index (κ1) is 38.5. The third kappa shape index (κ3) is 5.88. The van der Waals surface area contributed by atoms with Gasteiger partial charge in [-0.25, -0.2) is 8.78 Å². The molecule has 0 saturated carbocycles. The number of aromatic nitrogens is 3. The molecule has 2 unspecified atom stereocenters. The van der Waals surface area contributed by atoms with Crippen LogP contribution in [0.4, 0.5) is 8.78 Å². The first-order valence-electron chi connectivity index (χ1n) is 21.8. The molecule has 2 aliphatic heterocycles. The van der Waals surface area contributed by atoms with Crippen molar-refractivity contribution in [3.63, 3.8) is 0 Å². The number of fused-ring (bicyclic) bond motifs is 15. The summed E-state index contributed by atoms with van der Waals surface area (Å²) in [6.45, 7) is 18.9. The summed E-state index contributed by atoms with van der Waals surface area (Å²) < 4.78 is 44.2. The van der Waals surface area contributed by atoms with Crippen LogP contribution in [0.15, 0.2) is 139 Å². The highest BCUT2D eigenvalue weighted by atomic mass is 28.3. The summed E-state index contributed by atoms with van der Waals surface area (Å²) in [5.74, 6) is -0.0337. The molecule has 4 nitrogen and oxygen atoms in total. The Labute approximate surface area is 362 Å². The Kier molecular flexibility index (Phi) is 8.72. The monoisotopic (exact) mass is 833 g/mol. The zero-order valence-corrected chi connectivity index (χ0v) is 37.1. The quantitative estimate of drug-likeness (QED) is 0.129. The van der Waals surface area contributed by atoms with E-state index in [1.165, 1.54) is 56.4 Å². The molecular weight excluding hydrogens is 785 g/mol. The highest BCUT2D eigenvalue weighted by Gasteiger charge is 2.44. The summed E-state index contributed by atoms with van der Waals surface area (Å²) in [6.07, 6.45) is 4.90. The van der Waals surface area contributed by atoms with Gasteiger partial charge in [0.25, 0.3) is 0 Å². The molecule has 3 aromatic heterocycles. The Morgan fingerprint density at radius 2 is 1.50 bits per heavy atom. The second kappa shape index (κ2) is 14.0. The summed E-state index contributed by atoms with van der Waals surface area (Å²) >= 11 is 0. The summed E-state index contributed by atoms with van der Waals surface area (Å²) in [5.41, 5.74) is 16.5. The fourth-order valence-corrected chi connectivity index (χ4v) is 12.1. The highest BCUT2D eigenvalue weighted by molar-refractivity contribution is 6.88. The summed E-state index contributed by atoms with van der Waals surface area (Å²) in [6, 6.07) is 41.0. The minimum atomic E-state index is -1.66. The van der Waals surface area contributed by atoms with E-state index in [0.717, 1.165) is 81.1 Å². The summed E-state index contributed by atoms with van der Waals surface area (Å²) in [5, 5.41) is 3.16. The van der Waals surface area contributed by atoms with Crippen molar-refractivity contribution in [3.8, 4) is 39.5 Å².